The van der Waals surface area contributed by atoms with Gasteiger partial charge in [0.2, 0.25) is 0 Å². The number of rotatable bonds is 3. The van der Waals surface area contributed by atoms with E-state index in [9.17, 15) is 4.79 Å². The van der Waals surface area contributed by atoms with Crippen molar-refractivity contribution < 1.29 is 9.90 Å². The van der Waals surface area contributed by atoms with Gasteiger partial charge in [-0.1, -0.05) is 19.9 Å². The van der Waals surface area contributed by atoms with Crippen molar-refractivity contribution in [3.05, 3.63) is 22.4 Å². The van der Waals surface area contributed by atoms with E-state index in [0.29, 0.717) is 0 Å². The minimum Gasteiger partial charge on any atom is -0.480 e. The second kappa shape index (κ2) is 3.47. The first kappa shape index (κ1) is 10.2. The molecular weight excluding hydrogens is 186 g/mol. The van der Waals surface area contributed by atoms with E-state index >= 15 is 0 Å². The van der Waals surface area contributed by atoms with Gasteiger partial charge in [0.05, 0.1) is 0 Å². The van der Waals surface area contributed by atoms with Crippen molar-refractivity contribution in [2.75, 3.05) is 0 Å². The van der Waals surface area contributed by atoms with Crippen molar-refractivity contribution in [2.24, 2.45) is 5.73 Å². The number of nitrogens with two attached hydrogens (primary N) is 1. The van der Waals surface area contributed by atoms with Crippen molar-refractivity contribution in [3.63, 3.8) is 0 Å². The van der Waals surface area contributed by atoms with Crippen LogP contribution in [0.2, 0.25) is 0 Å². The van der Waals surface area contributed by atoms with Crippen LogP contribution in [0.3, 0.4) is 0 Å². The van der Waals surface area contributed by atoms with E-state index in [-0.39, 0.29) is 0 Å². The molecule has 4 heteroatoms. The highest BCUT2D eigenvalue weighted by Crippen LogP contribution is 2.29. The van der Waals surface area contributed by atoms with Crippen LogP contribution < -0.4 is 5.73 Å². The van der Waals surface area contributed by atoms with Crippen LogP contribution in [0.1, 0.15) is 18.7 Å². The van der Waals surface area contributed by atoms with Crippen LogP contribution in [0, 0.1) is 0 Å². The van der Waals surface area contributed by atoms with Crippen LogP contribution in [-0.4, -0.2) is 17.1 Å². The number of carbonyl (C=O) groups is 1. The quantitative estimate of drug-likeness (QED) is 0.774. The Labute approximate surface area is 81.2 Å². The van der Waals surface area contributed by atoms with Gasteiger partial charge < -0.3 is 10.8 Å². The van der Waals surface area contributed by atoms with Crippen LogP contribution >= 0.6 is 11.3 Å². The number of hydrogen-bond acceptors (Lipinski definition) is 3. The van der Waals surface area contributed by atoms with E-state index < -0.39 is 17.4 Å². The lowest BCUT2D eigenvalue weighted by atomic mass is 9.83. The maximum absolute atomic E-state index is 10.7. The van der Waals surface area contributed by atoms with E-state index in [0.717, 1.165) is 4.88 Å². The highest BCUT2D eigenvalue weighted by atomic mass is 32.1. The summed E-state index contributed by atoms with van der Waals surface area (Å²) < 4.78 is 0. The zero-order chi connectivity index (χ0) is 10.1. The van der Waals surface area contributed by atoms with Gasteiger partial charge in [0.1, 0.15) is 6.04 Å². The molecular formula is C9H13NO2S. The summed E-state index contributed by atoms with van der Waals surface area (Å²) >= 11 is 1.53. The fourth-order valence-electron chi connectivity index (χ4n) is 1.11. The fraction of sp³-hybridized carbons (Fsp3) is 0.444. The van der Waals surface area contributed by atoms with E-state index in [1.165, 1.54) is 11.3 Å². The first-order valence-corrected chi connectivity index (χ1v) is 4.86. The highest BCUT2D eigenvalue weighted by Gasteiger charge is 2.34. The Hall–Kier alpha value is -0.870. The molecule has 72 valence electrons. The Morgan fingerprint density at radius 3 is 2.69 bits per heavy atom. The standard InChI is InChI=1S/C9H13NO2S/c1-9(2,7(10)8(11)12)6-4-3-5-13-6/h3-5,7H,10H2,1-2H3,(H,11,12). The molecule has 1 aromatic heterocycles. The largest absolute Gasteiger partial charge is 0.480 e. The number of thiophene rings is 1. The number of carboxylic acids is 1. The molecule has 0 spiro atoms. The maximum atomic E-state index is 10.7. The molecule has 3 N–H and O–H groups in total. The third-order valence-electron chi connectivity index (χ3n) is 2.20. The molecule has 0 amide bonds. The average Bonchev–Trinajstić information content (AvgIpc) is 2.54. The lowest BCUT2D eigenvalue weighted by molar-refractivity contribution is -0.140. The van der Waals surface area contributed by atoms with Crippen LogP contribution in [0.5, 0.6) is 0 Å². The third-order valence-corrected chi connectivity index (χ3v) is 3.41. The summed E-state index contributed by atoms with van der Waals surface area (Å²) in [6.45, 7) is 3.69. The summed E-state index contributed by atoms with van der Waals surface area (Å²) in [6, 6.07) is 2.95. The minimum absolute atomic E-state index is 0.500. The van der Waals surface area contributed by atoms with E-state index in [1.807, 2.05) is 31.4 Å². The number of carboxylic acid groups (broad SMARTS) is 1. The summed E-state index contributed by atoms with van der Waals surface area (Å²) in [5.74, 6) is -0.960. The van der Waals surface area contributed by atoms with Gasteiger partial charge in [0.25, 0.3) is 0 Å². The summed E-state index contributed by atoms with van der Waals surface area (Å²) in [7, 11) is 0. The fourth-order valence-corrected chi connectivity index (χ4v) is 2.00. The minimum atomic E-state index is -0.960. The van der Waals surface area contributed by atoms with Crippen molar-refractivity contribution in [1.82, 2.24) is 0 Å². The normalized spacial score (nSPS) is 14.1. The molecule has 0 saturated carbocycles. The summed E-state index contributed by atoms with van der Waals surface area (Å²) in [5.41, 5.74) is 5.09. The molecule has 1 rings (SSSR count). The molecule has 1 heterocycles. The van der Waals surface area contributed by atoms with Crippen LogP contribution in [0.4, 0.5) is 0 Å². The van der Waals surface area contributed by atoms with Gasteiger partial charge in [-0.25, -0.2) is 0 Å². The first-order chi connectivity index (χ1) is 5.96. The van der Waals surface area contributed by atoms with Gasteiger partial charge in [-0.15, -0.1) is 11.3 Å². The Morgan fingerprint density at radius 2 is 2.31 bits per heavy atom. The van der Waals surface area contributed by atoms with Gasteiger partial charge >= 0.3 is 5.97 Å². The van der Waals surface area contributed by atoms with E-state index in [2.05, 4.69) is 0 Å². The molecule has 0 aliphatic carbocycles. The molecule has 1 atom stereocenters. The number of hydrogen-bond donors (Lipinski definition) is 2. The van der Waals surface area contributed by atoms with Gasteiger partial charge in [-0.3, -0.25) is 4.79 Å². The molecule has 0 aliphatic rings. The monoisotopic (exact) mass is 199 g/mol. The molecule has 0 radical (unpaired) electrons. The first-order valence-electron chi connectivity index (χ1n) is 3.98. The molecule has 0 fully saturated rings. The maximum Gasteiger partial charge on any atom is 0.321 e. The van der Waals surface area contributed by atoms with Crippen LogP contribution in [0.15, 0.2) is 17.5 Å². The lowest BCUT2D eigenvalue weighted by Crippen LogP contribution is -2.46. The Morgan fingerprint density at radius 1 is 1.69 bits per heavy atom. The van der Waals surface area contributed by atoms with Gasteiger partial charge in [-0.05, 0) is 11.4 Å². The summed E-state index contributed by atoms with van der Waals surface area (Å²) in [6.07, 6.45) is 0. The zero-order valence-electron chi connectivity index (χ0n) is 7.65. The Balaban J connectivity index is 2.95. The molecule has 0 bridgehead atoms. The van der Waals surface area contributed by atoms with Crippen molar-refractivity contribution in [1.29, 1.82) is 0 Å². The molecule has 3 nitrogen and oxygen atoms in total. The van der Waals surface area contributed by atoms with Crippen molar-refractivity contribution >= 4 is 17.3 Å². The summed E-state index contributed by atoms with van der Waals surface area (Å²) in [4.78, 5) is 11.7. The molecule has 0 saturated heterocycles. The smallest absolute Gasteiger partial charge is 0.321 e. The Bertz CT molecular complexity index is 293. The van der Waals surface area contributed by atoms with E-state index in [4.69, 9.17) is 10.8 Å². The Kier molecular flexibility index (Phi) is 2.73. The van der Waals surface area contributed by atoms with Crippen LogP contribution in [-0.2, 0) is 10.2 Å². The third kappa shape index (κ3) is 1.89. The van der Waals surface area contributed by atoms with Crippen molar-refractivity contribution in [2.45, 2.75) is 25.3 Å². The second-order valence-electron chi connectivity index (χ2n) is 3.51. The molecule has 0 aliphatic heterocycles. The van der Waals surface area contributed by atoms with E-state index in [1.54, 1.807) is 0 Å². The summed E-state index contributed by atoms with van der Waals surface area (Å²) in [5, 5.41) is 10.7. The number of aliphatic carboxylic acids is 1. The average molecular weight is 199 g/mol. The van der Waals surface area contributed by atoms with Gasteiger partial charge in [0.15, 0.2) is 0 Å². The molecule has 13 heavy (non-hydrogen) atoms. The predicted molar refractivity (Wildman–Crippen MR) is 53.0 cm³/mol. The zero-order valence-corrected chi connectivity index (χ0v) is 8.47. The molecule has 0 aromatic carbocycles. The molecule has 1 unspecified atom stereocenters. The van der Waals surface area contributed by atoms with Crippen molar-refractivity contribution in [3.8, 4) is 0 Å². The lowest BCUT2D eigenvalue weighted by Gasteiger charge is -2.27. The van der Waals surface area contributed by atoms with Gasteiger partial charge in [-0.2, -0.15) is 0 Å². The highest BCUT2D eigenvalue weighted by molar-refractivity contribution is 7.10. The van der Waals surface area contributed by atoms with Crippen LogP contribution in [0.25, 0.3) is 0 Å². The topological polar surface area (TPSA) is 63.3 Å². The molecule has 1 aromatic rings. The predicted octanol–water partition coefficient (Wildman–Crippen LogP) is 1.44. The SMILES string of the molecule is CC(C)(c1cccs1)C(N)C(=O)O. The second-order valence-corrected chi connectivity index (χ2v) is 4.46. The van der Waals surface area contributed by atoms with Gasteiger partial charge in [0, 0.05) is 10.3 Å².